The van der Waals surface area contributed by atoms with Crippen molar-refractivity contribution in [2.24, 2.45) is 0 Å². The van der Waals surface area contributed by atoms with Gasteiger partial charge in [0.05, 0.1) is 6.10 Å². The number of benzene rings is 1. The molecule has 26 heavy (non-hydrogen) atoms. The van der Waals surface area contributed by atoms with Crippen molar-refractivity contribution in [2.75, 3.05) is 25.0 Å². The Morgan fingerprint density at radius 3 is 2.88 bits per heavy atom. The van der Waals surface area contributed by atoms with E-state index in [1.54, 1.807) is 17.7 Å². The van der Waals surface area contributed by atoms with Crippen molar-refractivity contribution in [3.63, 3.8) is 0 Å². The zero-order valence-corrected chi connectivity index (χ0v) is 15.2. The average Bonchev–Trinajstić information content (AvgIpc) is 3.34. The molecule has 0 spiro atoms. The molecule has 2 aromatic rings. The molecule has 1 aliphatic heterocycles. The standard InChI is InChI=1S/C19H21N3O3S/c23-17(21-19-20-10-12-26-19)14-22(13-16-7-4-11-25-16)18(24)9-8-15-5-2-1-3-6-15/h1-3,5-6,8-10,12,16H,4,7,11,13-14H2,(H,20,21,23)/b9-8+. The normalized spacial score (nSPS) is 16.7. The molecule has 136 valence electrons. The van der Waals surface area contributed by atoms with Crippen LogP contribution in [0, 0.1) is 0 Å². The van der Waals surface area contributed by atoms with Gasteiger partial charge < -0.3 is 15.0 Å². The maximum atomic E-state index is 12.6. The highest BCUT2D eigenvalue weighted by molar-refractivity contribution is 7.13. The fourth-order valence-corrected chi connectivity index (χ4v) is 3.27. The fourth-order valence-electron chi connectivity index (χ4n) is 2.72. The zero-order chi connectivity index (χ0) is 18.2. The Balaban J connectivity index is 1.64. The number of hydrogen-bond donors (Lipinski definition) is 1. The molecule has 1 aromatic heterocycles. The lowest BCUT2D eigenvalue weighted by molar-refractivity contribution is -0.131. The second-order valence-electron chi connectivity index (χ2n) is 5.98. The van der Waals surface area contributed by atoms with E-state index in [2.05, 4.69) is 10.3 Å². The van der Waals surface area contributed by atoms with Gasteiger partial charge in [-0.2, -0.15) is 0 Å². The lowest BCUT2D eigenvalue weighted by Crippen LogP contribution is -2.41. The molecule has 1 N–H and O–H groups in total. The topological polar surface area (TPSA) is 71.5 Å². The Morgan fingerprint density at radius 2 is 2.19 bits per heavy atom. The Labute approximate surface area is 156 Å². The number of anilines is 1. The highest BCUT2D eigenvalue weighted by atomic mass is 32.1. The van der Waals surface area contributed by atoms with Gasteiger partial charge in [0.25, 0.3) is 0 Å². The quantitative estimate of drug-likeness (QED) is 0.760. The smallest absolute Gasteiger partial charge is 0.247 e. The average molecular weight is 371 g/mol. The summed E-state index contributed by atoms with van der Waals surface area (Å²) in [7, 11) is 0. The second-order valence-corrected chi connectivity index (χ2v) is 6.88. The van der Waals surface area contributed by atoms with Crippen LogP contribution in [0.3, 0.4) is 0 Å². The van der Waals surface area contributed by atoms with Gasteiger partial charge in [-0.1, -0.05) is 30.3 Å². The summed E-state index contributed by atoms with van der Waals surface area (Å²) >= 11 is 1.34. The molecule has 0 aliphatic carbocycles. The van der Waals surface area contributed by atoms with Crippen molar-refractivity contribution < 1.29 is 14.3 Å². The summed E-state index contributed by atoms with van der Waals surface area (Å²) in [5.74, 6) is -0.474. The van der Waals surface area contributed by atoms with Crippen molar-refractivity contribution in [3.05, 3.63) is 53.5 Å². The molecule has 1 fully saturated rings. The van der Waals surface area contributed by atoms with Crippen molar-refractivity contribution in [3.8, 4) is 0 Å². The van der Waals surface area contributed by atoms with Crippen molar-refractivity contribution >= 4 is 34.4 Å². The molecular weight excluding hydrogens is 350 g/mol. The first-order valence-electron chi connectivity index (χ1n) is 8.54. The number of nitrogens with zero attached hydrogens (tertiary/aromatic N) is 2. The SMILES string of the molecule is O=C(CN(CC1CCCO1)C(=O)/C=C/c1ccccc1)Nc1nccs1. The van der Waals surface area contributed by atoms with Gasteiger partial charge in [0.15, 0.2) is 5.13 Å². The van der Waals surface area contributed by atoms with Gasteiger partial charge in [0.1, 0.15) is 6.54 Å². The minimum absolute atomic E-state index is 0.0169. The van der Waals surface area contributed by atoms with Gasteiger partial charge in [0.2, 0.25) is 11.8 Å². The van der Waals surface area contributed by atoms with Crippen LogP contribution in [0.15, 0.2) is 48.0 Å². The van der Waals surface area contributed by atoms with Gasteiger partial charge in [0, 0.05) is 30.8 Å². The van der Waals surface area contributed by atoms with Crippen molar-refractivity contribution in [2.45, 2.75) is 18.9 Å². The Hall–Kier alpha value is -2.51. The lowest BCUT2D eigenvalue weighted by atomic mass is 10.2. The monoisotopic (exact) mass is 371 g/mol. The molecule has 0 saturated carbocycles. The van der Waals surface area contributed by atoms with E-state index in [-0.39, 0.29) is 24.5 Å². The molecule has 1 saturated heterocycles. The van der Waals surface area contributed by atoms with E-state index in [0.29, 0.717) is 18.3 Å². The highest BCUT2D eigenvalue weighted by Crippen LogP contribution is 2.15. The summed E-state index contributed by atoms with van der Waals surface area (Å²) in [5.41, 5.74) is 0.935. The molecule has 1 unspecified atom stereocenters. The summed E-state index contributed by atoms with van der Waals surface area (Å²) in [6, 6.07) is 9.59. The minimum Gasteiger partial charge on any atom is -0.376 e. The van der Waals surface area contributed by atoms with E-state index in [9.17, 15) is 9.59 Å². The van der Waals surface area contributed by atoms with Crippen LogP contribution < -0.4 is 5.32 Å². The molecule has 6 nitrogen and oxygen atoms in total. The van der Waals surface area contributed by atoms with Crippen molar-refractivity contribution in [1.82, 2.24) is 9.88 Å². The van der Waals surface area contributed by atoms with Gasteiger partial charge in [-0.3, -0.25) is 9.59 Å². The van der Waals surface area contributed by atoms with Crippen LogP contribution in [0.25, 0.3) is 6.08 Å². The number of aromatic nitrogens is 1. The summed E-state index contributed by atoms with van der Waals surface area (Å²) in [5, 5.41) is 5.03. The van der Waals surface area contributed by atoms with Crippen molar-refractivity contribution in [1.29, 1.82) is 0 Å². The molecule has 0 radical (unpaired) electrons. The van der Waals surface area contributed by atoms with Crippen LogP contribution in [0.5, 0.6) is 0 Å². The Morgan fingerprint density at radius 1 is 1.35 bits per heavy atom. The van der Waals surface area contributed by atoms with Crippen LogP contribution in [0.4, 0.5) is 5.13 Å². The first-order chi connectivity index (χ1) is 12.7. The van der Waals surface area contributed by atoms with E-state index in [4.69, 9.17) is 4.74 Å². The van der Waals surface area contributed by atoms with Gasteiger partial charge in [-0.05, 0) is 24.5 Å². The molecule has 2 heterocycles. The number of hydrogen-bond acceptors (Lipinski definition) is 5. The maximum Gasteiger partial charge on any atom is 0.247 e. The summed E-state index contributed by atoms with van der Waals surface area (Å²) in [6.45, 7) is 1.08. The van der Waals surface area contributed by atoms with E-state index in [1.165, 1.54) is 22.3 Å². The van der Waals surface area contributed by atoms with Gasteiger partial charge in [-0.25, -0.2) is 4.98 Å². The fraction of sp³-hybridized carbons (Fsp3) is 0.316. The summed E-state index contributed by atoms with van der Waals surface area (Å²) < 4.78 is 5.62. The maximum absolute atomic E-state index is 12.6. The van der Waals surface area contributed by atoms with Crippen LogP contribution in [0.1, 0.15) is 18.4 Å². The number of carbonyl (C=O) groups excluding carboxylic acids is 2. The highest BCUT2D eigenvalue weighted by Gasteiger charge is 2.23. The van der Waals surface area contributed by atoms with Gasteiger partial charge >= 0.3 is 0 Å². The van der Waals surface area contributed by atoms with Gasteiger partial charge in [-0.15, -0.1) is 11.3 Å². The first kappa shape index (κ1) is 18.3. The van der Waals surface area contributed by atoms with Crippen LogP contribution in [-0.4, -0.2) is 47.5 Å². The molecule has 3 rings (SSSR count). The number of ether oxygens (including phenoxy) is 1. The predicted octanol–water partition coefficient (Wildman–Crippen LogP) is 2.80. The van der Waals surface area contributed by atoms with E-state index < -0.39 is 0 Å². The number of thiazole rings is 1. The number of rotatable bonds is 7. The van der Waals surface area contributed by atoms with E-state index in [1.807, 2.05) is 30.3 Å². The summed E-state index contributed by atoms with van der Waals surface area (Å²) in [4.78, 5) is 30.5. The van der Waals surface area contributed by atoms with Crippen LogP contribution in [-0.2, 0) is 14.3 Å². The molecule has 1 aromatic carbocycles. The first-order valence-corrected chi connectivity index (χ1v) is 9.41. The molecule has 2 amide bonds. The number of carbonyl (C=O) groups is 2. The third kappa shape index (κ3) is 5.50. The molecule has 7 heteroatoms. The minimum atomic E-state index is -0.264. The molecule has 0 bridgehead atoms. The van der Waals surface area contributed by atoms with Crippen LogP contribution in [0.2, 0.25) is 0 Å². The van der Waals surface area contributed by atoms with E-state index >= 15 is 0 Å². The molecule has 1 aliphatic rings. The Bertz CT molecular complexity index is 741. The predicted molar refractivity (Wildman–Crippen MR) is 102 cm³/mol. The third-order valence-corrected chi connectivity index (χ3v) is 4.68. The number of amides is 2. The Kier molecular flexibility index (Phi) is 6.51. The third-order valence-electron chi connectivity index (χ3n) is 3.99. The lowest BCUT2D eigenvalue weighted by Gasteiger charge is -2.23. The van der Waals surface area contributed by atoms with E-state index in [0.717, 1.165) is 18.4 Å². The summed E-state index contributed by atoms with van der Waals surface area (Å²) in [6.07, 6.45) is 6.75. The molecule has 1 atom stereocenters. The zero-order valence-electron chi connectivity index (χ0n) is 14.3. The number of nitrogens with one attached hydrogen (secondary N) is 1. The molecular formula is C19H21N3O3S. The second kappa shape index (κ2) is 9.26. The largest absolute Gasteiger partial charge is 0.376 e. The van der Waals surface area contributed by atoms with Crippen LogP contribution >= 0.6 is 11.3 Å².